The van der Waals surface area contributed by atoms with Crippen molar-refractivity contribution in [2.24, 2.45) is 17.3 Å². The molecule has 1 aromatic rings. The number of carbonyl (C=O) groups excluding carboxylic acids is 1. The van der Waals surface area contributed by atoms with Crippen LogP contribution in [0.4, 0.5) is 8.78 Å². The van der Waals surface area contributed by atoms with Gasteiger partial charge in [-0.15, -0.1) is 0 Å². The smallest absolute Gasteiger partial charge is 0.310 e. The quantitative estimate of drug-likeness (QED) is 0.672. The van der Waals surface area contributed by atoms with Crippen LogP contribution in [0.15, 0.2) is 34.8 Å². The summed E-state index contributed by atoms with van der Waals surface area (Å²) in [5, 5.41) is 0.485. The monoisotopic (exact) mass is 378 g/mol. The number of benzene rings is 1. The minimum Gasteiger partial charge on any atom is -0.460 e. The summed E-state index contributed by atoms with van der Waals surface area (Å²) in [6.07, 6.45) is -0.936. The van der Waals surface area contributed by atoms with Gasteiger partial charge in [-0.1, -0.05) is 47.4 Å². The van der Waals surface area contributed by atoms with Gasteiger partial charge in [0.05, 0.1) is 5.92 Å². The second-order valence-corrected chi connectivity index (χ2v) is 6.85. The predicted molar refractivity (Wildman–Crippen MR) is 80.0 cm³/mol. The molecule has 0 heterocycles. The second kappa shape index (κ2) is 6.05. The number of carbonyl (C=O) groups is 1. The molecule has 2 atom stereocenters. The summed E-state index contributed by atoms with van der Waals surface area (Å²) in [4.78, 5) is 12.1. The van der Waals surface area contributed by atoms with Gasteiger partial charge in [0.25, 0.3) is 6.08 Å². The molecule has 21 heavy (non-hydrogen) atoms. The third kappa shape index (κ3) is 3.46. The molecule has 1 aromatic carbocycles. The Morgan fingerprint density at radius 3 is 2.71 bits per heavy atom. The van der Waals surface area contributed by atoms with Gasteiger partial charge in [-0.05, 0) is 23.6 Å². The first kappa shape index (κ1) is 16.4. The molecule has 0 amide bonds. The highest BCUT2D eigenvalue weighted by Crippen LogP contribution is 2.60. The molecule has 2 rings (SSSR count). The second-order valence-electron chi connectivity index (χ2n) is 5.59. The fourth-order valence-electron chi connectivity index (χ4n) is 2.48. The molecule has 0 aromatic heterocycles. The number of rotatable bonds is 4. The average molecular weight is 380 g/mol. The lowest BCUT2D eigenvalue weighted by molar-refractivity contribution is -0.147. The molecule has 1 aliphatic rings. The Labute approximate surface area is 135 Å². The topological polar surface area (TPSA) is 26.3 Å². The van der Waals surface area contributed by atoms with Crippen LogP contribution < -0.4 is 0 Å². The largest absolute Gasteiger partial charge is 0.460 e. The first-order chi connectivity index (χ1) is 9.75. The van der Waals surface area contributed by atoms with Crippen LogP contribution in [0.25, 0.3) is 0 Å². The van der Waals surface area contributed by atoms with E-state index in [0.29, 0.717) is 10.6 Å². The van der Waals surface area contributed by atoms with E-state index in [2.05, 4.69) is 15.9 Å². The van der Waals surface area contributed by atoms with Crippen molar-refractivity contribution in [1.82, 2.24) is 0 Å². The number of hydrogen-bond acceptors (Lipinski definition) is 2. The minimum absolute atomic E-state index is 0.0141. The molecule has 0 saturated heterocycles. The molecule has 0 spiro atoms. The van der Waals surface area contributed by atoms with E-state index in [1.165, 1.54) is 0 Å². The Balaban J connectivity index is 2.02. The normalized spacial score (nSPS) is 22.6. The van der Waals surface area contributed by atoms with E-state index in [9.17, 15) is 13.6 Å². The number of halogens is 4. The van der Waals surface area contributed by atoms with Crippen LogP contribution in [0, 0.1) is 17.3 Å². The molecular formula is C15H14BrClF2O2. The zero-order valence-electron chi connectivity index (χ0n) is 11.5. The van der Waals surface area contributed by atoms with Gasteiger partial charge in [0.15, 0.2) is 0 Å². The van der Waals surface area contributed by atoms with Crippen molar-refractivity contribution in [3.05, 3.63) is 45.4 Å². The molecule has 1 fully saturated rings. The van der Waals surface area contributed by atoms with Crippen molar-refractivity contribution in [3.63, 3.8) is 0 Å². The summed E-state index contributed by atoms with van der Waals surface area (Å²) in [6.45, 7) is 3.56. The van der Waals surface area contributed by atoms with Gasteiger partial charge in [0.1, 0.15) is 6.61 Å². The zero-order chi connectivity index (χ0) is 15.8. The Kier molecular flexibility index (Phi) is 4.73. The Hall–Kier alpha value is -0.940. The zero-order valence-corrected chi connectivity index (χ0v) is 13.8. The maximum atomic E-state index is 12.3. The third-order valence-electron chi connectivity index (χ3n) is 3.89. The van der Waals surface area contributed by atoms with E-state index in [0.717, 1.165) is 10.5 Å². The molecule has 0 bridgehead atoms. The summed E-state index contributed by atoms with van der Waals surface area (Å²) >= 11 is 9.36. The van der Waals surface area contributed by atoms with Crippen molar-refractivity contribution >= 4 is 33.5 Å². The van der Waals surface area contributed by atoms with Crippen LogP contribution >= 0.6 is 27.5 Å². The molecule has 114 valence electrons. The lowest BCUT2D eigenvalue weighted by Gasteiger charge is -2.09. The van der Waals surface area contributed by atoms with Gasteiger partial charge < -0.3 is 4.74 Å². The standard InChI is InChI=1S/C15H14BrClF2O2/c1-15(2)9(6-12(18)19)13(15)14(20)21-7-8-10(16)4-3-5-11(8)17/h3-6,9,13H,7H2,1-2H3/t9-,13+/m1/s1. The van der Waals surface area contributed by atoms with Gasteiger partial charge in [-0.25, -0.2) is 0 Å². The number of esters is 1. The Bertz CT molecular complexity index is 577. The first-order valence-electron chi connectivity index (χ1n) is 6.37. The molecule has 0 unspecified atom stereocenters. The van der Waals surface area contributed by atoms with Crippen molar-refractivity contribution in [3.8, 4) is 0 Å². The summed E-state index contributed by atoms with van der Waals surface area (Å²) in [5.74, 6) is -1.50. The fourth-order valence-corrected chi connectivity index (χ4v) is 3.30. The van der Waals surface area contributed by atoms with Crippen LogP contribution in [0.5, 0.6) is 0 Å². The van der Waals surface area contributed by atoms with Gasteiger partial charge in [0, 0.05) is 21.0 Å². The van der Waals surface area contributed by atoms with Crippen molar-refractivity contribution in [2.75, 3.05) is 0 Å². The lowest BCUT2D eigenvalue weighted by Crippen LogP contribution is -2.11. The van der Waals surface area contributed by atoms with Gasteiger partial charge in [-0.3, -0.25) is 4.79 Å². The molecule has 1 saturated carbocycles. The molecule has 0 N–H and O–H groups in total. The van der Waals surface area contributed by atoms with E-state index in [-0.39, 0.29) is 6.61 Å². The highest BCUT2D eigenvalue weighted by Gasteiger charge is 2.62. The van der Waals surface area contributed by atoms with Crippen LogP contribution in [0.2, 0.25) is 5.02 Å². The van der Waals surface area contributed by atoms with Crippen LogP contribution in [0.3, 0.4) is 0 Å². The number of allylic oxidation sites excluding steroid dienone is 1. The summed E-state index contributed by atoms with van der Waals surface area (Å²) in [7, 11) is 0. The average Bonchev–Trinajstić information content (AvgIpc) is 2.89. The van der Waals surface area contributed by atoms with Crippen LogP contribution in [-0.2, 0) is 16.1 Å². The molecule has 0 aliphatic heterocycles. The van der Waals surface area contributed by atoms with Gasteiger partial charge in [-0.2, -0.15) is 8.78 Å². The highest BCUT2D eigenvalue weighted by atomic mass is 79.9. The predicted octanol–water partition coefficient (Wildman–Crippen LogP) is 5.20. The summed E-state index contributed by atoms with van der Waals surface area (Å²) in [6, 6.07) is 5.26. The first-order valence-corrected chi connectivity index (χ1v) is 7.54. The molecule has 0 radical (unpaired) electrons. The van der Waals surface area contributed by atoms with Crippen molar-refractivity contribution in [2.45, 2.75) is 20.5 Å². The summed E-state index contributed by atoms with van der Waals surface area (Å²) < 4.78 is 30.7. The third-order valence-corrected chi connectivity index (χ3v) is 4.99. The molecule has 1 aliphatic carbocycles. The van der Waals surface area contributed by atoms with Crippen LogP contribution in [0.1, 0.15) is 19.4 Å². The van der Waals surface area contributed by atoms with Gasteiger partial charge in [0.2, 0.25) is 0 Å². The van der Waals surface area contributed by atoms with Crippen LogP contribution in [-0.4, -0.2) is 5.97 Å². The maximum absolute atomic E-state index is 12.3. The maximum Gasteiger partial charge on any atom is 0.310 e. The van der Waals surface area contributed by atoms with Crippen molar-refractivity contribution in [1.29, 1.82) is 0 Å². The van der Waals surface area contributed by atoms with E-state index < -0.39 is 29.3 Å². The number of hydrogen-bond donors (Lipinski definition) is 0. The van der Waals surface area contributed by atoms with E-state index in [1.807, 2.05) is 0 Å². The fraction of sp³-hybridized carbons (Fsp3) is 0.400. The summed E-state index contributed by atoms with van der Waals surface area (Å²) in [5.41, 5.74) is 0.160. The lowest BCUT2D eigenvalue weighted by atomic mass is 10.1. The Morgan fingerprint density at radius 2 is 2.14 bits per heavy atom. The van der Waals surface area contributed by atoms with E-state index >= 15 is 0 Å². The van der Waals surface area contributed by atoms with Crippen molar-refractivity contribution < 1.29 is 18.3 Å². The highest BCUT2D eigenvalue weighted by molar-refractivity contribution is 9.10. The van der Waals surface area contributed by atoms with E-state index in [1.54, 1.807) is 32.0 Å². The van der Waals surface area contributed by atoms with Gasteiger partial charge >= 0.3 is 5.97 Å². The number of ether oxygens (including phenoxy) is 1. The molecule has 2 nitrogen and oxygen atoms in total. The van der Waals surface area contributed by atoms with E-state index in [4.69, 9.17) is 16.3 Å². The molecular weight excluding hydrogens is 366 g/mol. The minimum atomic E-state index is -1.77. The Morgan fingerprint density at radius 1 is 1.48 bits per heavy atom. The molecule has 6 heteroatoms. The SMILES string of the molecule is CC1(C)[C@H](C=C(F)F)[C@H]1C(=O)OCc1c(Cl)cccc1Br.